The summed E-state index contributed by atoms with van der Waals surface area (Å²) in [6, 6.07) is -1.99. The van der Waals surface area contributed by atoms with E-state index in [1.165, 1.54) is 18.7 Å². The van der Waals surface area contributed by atoms with Gasteiger partial charge in [0.25, 0.3) is 5.91 Å². The largest absolute Gasteiger partial charge is 0.376 e. The number of rotatable bonds is 8. The second kappa shape index (κ2) is 8.25. The molecule has 2 aliphatic heterocycles. The molecular formula is C15H25N7O4S. The Bertz CT molecular complexity index is 674. The average molecular weight is 399 g/mol. The van der Waals surface area contributed by atoms with Gasteiger partial charge in [-0.05, 0) is 26.2 Å². The van der Waals surface area contributed by atoms with Gasteiger partial charge in [0.05, 0.1) is 17.8 Å². The Morgan fingerprint density at radius 1 is 1.44 bits per heavy atom. The maximum absolute atomic E-state index is 12.3. The van der Waals surface area contributed by atoms with Crippen molar-refractivity contribution in [2.45, 2.75) is 50.1 Å². The standard InChI is InChI=1S/C15H25N7O4S/c1-6(16)11(23)18-4-7-10(13(25)19-7)21-12(24)9(17)8-5-27-14(20-8)22-15(2,3)26/h5-7,10,14,17,20,22,26H,4,16H2,1-3H3,(H,18,23)(H,19,25)(H,21,24)/t6-,7-,10+,14?/m1/s1. The van der Waals surface area contributed by atoms with Crippen LogP contribution in [-0.4, -0.2) is 64.4 Å². The number of hydrogen-bond donors (Lipinski definition) is 8. The second-order valence-electron chi connectivity index (χ2n) is 6.87. The Hall–Kier alpha value is -2.15. The number of carbonyl (C=O) groups is 3. The minimum absolute atomic E-state index is 0.124. The predicted octanol–water partition coefficient (Wildman–Crippen LogP) is -2.77. The van der Waals surface area contributed by atoms with Gasteiger partial charge in [0.15, 0.2) is 0 Å². The van der Waals surface area contributed by atoms with Crippen molar-refractivity contribution >= 4 is 35.2 Å². The summed E-state index contributed by atoms with van der Waals surface area (Å²) in [6.45, 7) is 4.81. The molecule has 27 heavy (non-hydrogen) atoms. The third kappa shape index (κ3) is 5.66. The Morgan fingerprint density at radius 3 is 2.67 bits per heavy atom. The molecule has 12 heteroatoms. The first-order chi connectivity index (χ1) is 12.5. The molecule has 0 radical (unpaired) electrons. The summed E-state index contributed by atoms with van der Waals surface area (Å²) in [5, 5.41) is 32.8. The van der Waals surface area contributed by atoms with Crippen molar-refractivity contribution in [3.8, 4) is 0 Å². The summed E-state index contributed by atoms with van der Waals surface area (Å²) < 4.78 is 0. The van der Waals surface area contributed by atoms with E-state index in [0.717, 1.165) is 0 Å². The first-order valence-corrected chi connectivity index (χ1v) is 9.28. The van der Waals surface area contributed by atoms with Crippen molar-refractivity contribution in [1.29, 1.82) is 5.41 Å². The lowest BCUT2D eigenvalue weighted by atomic mass is 9.98. The van der Waals surface area contributed by atoms with Gasteiger partial charge in [0.1, 0.15) is 23.0 Å². The molecule has 0 aliphatic carbocycles. The van der Waals surface area contributed by atoms with Crippen LogP contribution in [0, 0.1) is 5.41 Å². The van der Waals surface area contributed by atoms with Crippen LogP contribution in [-0.2, 0) is 14.4 Å². The van der Waals surface area contributed by atoms with E-state index in [4.69, 9.17) is 11.1 Å². The minimum Gasteiger partial charge on any atom is -0.376 e. The van der Waals surface area contributed by atoms with Crippen LogP contribution in [0.2, 0.25) is 0 Å². The third-order valence-electron chi connectivity index (χ3n) is 3.80. The molecule has 0 aromatic heterocycles. The first-order valence-electron chi connectivity index (χ1n) is 8.33. The minimum atomic E-state index is -1.12. The SMILES string of the molecule is C[C@@H](N)C(=O)NC[C@H]1NC(=O)[C@H]1NC(=O)C(=N)C1=CSC(NC(C)(C)O)N1. The van der Waals surface area contributed by atoms with E-state index >= 15 is 0 Å². The molecule has 0 bridgehead atoms. The van der Waals surface area contributed by atoms with Crippen molar-refractivity contribution < 1.29 is 19.5 Å². The summed E-state index contributed by atoms with van der Waals surface area (Å²) in [5.41, 5.74) is 3.88. The van der Waals surface area contributed by atoms with E-state index in [1.807, 2.05) is 0 Å². The van der Waals surface area contributed by atoms with Crippen LogP contribution in [0.15, 0.2) is 11.1 Å². The van der Waals surface area contributed by atoms with Crippen LogP contribution in [0.4, 0.5) is 0 Å². The normalized spacial score (nSPS) is 25.4. The molecular weight excluding hydrogens is 374 g/mol. The van der Waals surface area contributed by atoms with Crippen LogP contribution >= 0.6 is 11.8 Å². The van der Waals surface area contributed by atoms with Gasteiger partial charge in [0.2, 0.25) is 11.8 Å². The van der Waals surface area contributed by atoms with Crippen LogP contribution in [0.3, 0.4) is 0 Å². The maximum Gasteiger partial charge on any atom is 0.272 e. The Labute approximate surface area is 160 Å². The van der Waals surface area contributed by atoms with Gasteiger partial charge >= 0.3 is 0 Å². The molecule has 150 valence electrons. The first kappa shape index (κ1) is 21.2. The van der Waals surface area contributed by atoms with Crippen LogP contribution in [0.25, 0.3) is 0 Å². The fourth-order valence-corrected chi connectivity index (χ4v) is 3.36. The van der Waals surface area contributed by atoms with Gasteiger partial charge in [-0.15, -0.1) is 0 Å². The molecule has 2 aliphatic rings. The van der Waals surface area contributed by atoms with Gasteiger partial charge in [-0.25, -0.2) is 0 Å². The Kier molecular flexibility index (Phi) is 6.46. The highest BCUT2D eigenvalue weighted by molar-refractivity contribution is 8.02. The number of nitrogens with two attached hydrogens (primary N) is 1. The molecule has 0 spiro atoms. The quantitative estimate of drug-likeness (QED) is 0.123. The zero-order valence-electron chi connectivity index (χ0n) is 15.3. The number of aliphatic hydroxyl groups is 1. The van der Waals surface area contributed by atoms with E-state index in [0.29, 0.717) is 0 Å². The number of hydrogen-bond acceptors (Lipinski definition) is 9. The lowest BCUT2D eigenvalue weighted by Crippen LogP contribution is -2.72. The number of amides is 3. The lowest BCUT2D eigenvalue weighted by molar-refractivity contribution is -0.135. The molecule has 1 fully saturated rings. The van der Waals surface area contributed by atoms with Crippen molar-refractivity contribution in [3.05, 3.63) is 11.1 Å². The van der Waals surface area contributed by atoms with Gasteiger partial charge in [0, 0.05) is 6.54 Å². The summed E-state index contributed by atoms with van der Waals surface area (Å²) in [5.74, 6) is -1.47. The van der Waals surface area contributed by atoms with Gasteiger partial charge in [-0.1, -0.05) is 11.8 Å². The van der Waals surface area contributed by atoms with Crippen molar-refractivity contribution in [3.63, 3.8) is 0 Å². The molecule has 9 N–H and O–H groups in total. The van der Waals surface area contributed by atoms with E-state index in [9.17, 15) is 19.5 Å². The lowest BCUT2D eigenvalue weighted by Gasteiger charge is -2.37. The van der Waals surface area contributed by atoms with Crippen LogP contribution in [0.1, 0.15) is 20.8 Å². The molecule has 2 heterocycles. The summed E-state index contributed by atoms with van der Waals surface area (Å²) >= 11 is 1.27. The zero-order valence-corrected chi connectivity index (χ0v) is 16.1. The van der Waals surface area contributed by atoms with E-state index < -0.39 is 29.8 Å². The zero-order chi connectivity index (χ0) is 20.4. The van der Waals surface area contributed by atoms with Crippen molar-refractivity contribution in [1.82, 2.24) is 26.6 Å². The number of carbonyl (C=O) groups excluding carboxylic acids is 3. The topological polar surface area (TPSA) is 181 Å². The third-order valence-corrected chi connectivity index (χ3v) is 4.68. The van der Waals surface area contributed by atoms with E-state index in [-0.39, 0.29) is 35.3 Å². The molecule has 2 rings (SSSR count). The second-order valence-corrected chi connectivity index (χ2v) is 7.85. The summed E-state index contributed by atoms with van der Waals surface area (Å²) in [4.78, 5) is 35.5. The molecule has 11 nitrogen and oxygen atoms in total. The number of β-lactam (4-membered cyclic amide) rings is 1. The molecule has 0 aromatic carbocycles. The summed E-state index contributed by atoms with van der Waals surface area (Å²) in [7, 11) is 0. The Balaban J connectivity index is 1.84. The summed E-state index contributed by atoms with van der Waals surface area (Å²) in [6.07, 6.45) is 0. The fraction of sp³-hybridized carbons (Fsp3) is 0.600. The highest BCUT2D eigenvalue weighted by Crippen LogP contribution is 2.21. The maximum atomic E-state index is 12.3. The highest BCUT2D eigenvalue weighted by Gasteiger charge is 2.41. The van der Waals surface area contributed by atoms with Gasteiger partial charge in [-0.2, -0.15) is 0 Å². The Morgan fingerprint density at radius 2 is 2.11 bits per heavy atom. The number of thioether (sulfide) groups is 1. The fourth-order valence-electron chi connectivity index (χ4n) is 2.35. The molecule has 3 amide bonds. The van der Waals surface area contributed by atoms with E-state index in [1.54, 1.807) is 19.3 Å². The molecule has 0 saturated carbocycles. The molecule has 1 saturated heterocycles. The highest BCUT2D eigenvalue weighted by atomic mass is 32.2. The average Bonchev–Trinajstić information content (AvgIpc) is 3.01. The van der Waals surface area contributed by atoms with Gasteiger partial charge in [-0.3, -0.25) is 25.1 Å². The predicted molar refractivity (Wildman–Crippen MR) is 100 cm³/mol. The van der Waals surface area contributed by atoms with Crippen molar-refractivity contribution in [2.75, 3.05) is 6.54 Å². The van der Waals surface area contributed by atoms with Crippen LogP contribution in [0.5, 0.6) is 0 Å². The molecule has 0 aromatic rings. The van der Waals surface area contributed by atoms with Crippen LogP contribution < -0.4 is 32.3 Å². The monoisotopic (exact) mass is 399 g/mol. The smallest absolute Gasteiger partial charge is 0.272 e. The van der Waals surface area contributed by atoms with E-state index in [2.05, 4.69) is 26.6 Å². The molecule has 1 unspecified atom stereocenters. The molecule has 4 atom stereocenters. The van der Waals surface area contributed by atoms with Gasteiger partial charge < -0.3 is 32.1 Å². The number of nitrogens with one attached hydrogen (secondary N) is 6. The van der Waals surface area contributed by atoms with Crippen molar-refractivity contribution in [2.24, 2.45) is 5.73 Å².